The van der Waals surface area contributed by atoms with Gasteiger partial charge >= 0.3 is 0 Å². The van der Waals surface area contributed by atoms with E-state index in [4.69, 9.17) is 5.73 Å². The highest BCUT2D eigenvalue weighted by Gasteiger charge is 2.42. The molecule has 0 radical (unpaired) electrons. The summed E-state index contributed by atoms with van der Waals surface area (Å²) in [5.41, 5.74) is 6.64. The van der Waals surface area contributed by atoms with Crippen LogP contribution in [0.2, 0.25) is 0 Å². The lowest BCUT2D eigenvalue weighted by Crippen LogP contribution is -2.42. The van der Waals surface area contributed by atoms with E-state index in [1.54, 1.807) is 0 Å². The molecule has 112 valence electrons. The molecule has 0 aromatic carbocycles. The van der Waals surface area contributed by atoms with Gasteiger partial charge in [0.15, 0.2) is 5.96 Å². The number of aliphatic imine (C=N–C) groups is 1. The van der Waals surface area contributed by atoms with E-state index in [1.165, 1.54) is 32.1 Å². The minimum Gasteiger partial charge on any atom is -0.370 e. The summed E-state index contributed by atoms with van der Waals surface area (Å²) in [6, 6.07) is 0. The smallest absolute Gasteiger partial charge is 0.191 e. The van der Waals surface area contributed by atoms with Crippen LogP contribution in [0, 0.1) is 17.3 Å². The third kappa shape index (κ3) is 5.12. The molecule has 1 saturated carbocycles. The standard InChI is InChI=1S/C15H29N3.HI/c1-12(2)10-15(6-7-15)11-17-14(16)18-8-4-13(3)5-9-18;/h12-13H,4-11H2,1-3H3,(H2,16,17);1H. The second-order valence-corrected chi connectivity index (χ2v) is 6.94. The summed E-state index contributed by atoms with van der Waals surface area (Å²) in [4.78, 5) is 6.95. The first-order chi connectivity index (χ1) is 8.51. The van der Waals surface area contributed by atoms with Gasteiger partial charge in [-0.05, 0) is 49.4 Å². The summed E-state index contributed by atoms with van der Waals surface area (Å²) in [6.07, 6.45) is 6.51. The van der Waals surface area contributed by atoms with Crippen molar-refractivity contribution in [3.05, 3.63) is 0 Å². The Hall–Kier alpha value is 0. The van der Waals surface area contributed by atoms with Gasteiger partial charge in [0.05, 0.1) is 0 Å². The number of hydrogen-bond acceptors (Lipinski definition) is 1. The molecule has 1 saturated heterocycles. The summed E-state index contributed by atoms with van der Waals surface area (Å²) >= 11 is 0. The summed E-state index contributed by atoms with van der Waals surface area (Å²) in [5, 5.41) is 0. The molecule has 19 heavy (non-hydrogen) atoms. The molecule has 1 heterocycles. The summed E-state index contributed by atoms with van der Waals surface area (Å²) < 4.78 is 0. The van der Waals surface area contributed by atoms with Crippen LogP contribution in [0.25, 0.3) is 0 Å². The van der Waals surface area contributed by atoms with Gasteiger partial charge in [0.25, 0.3) is 0 Å². The first-order valence-corrected chi connectivity index (χ1v) is 7.56. The topological polar surface area (TPSA) is 41.6 Å². The van der Waals surface area contributed by atoms with Gasteiger partial charge in [-0.2, -0.15) is 0 Å². The monoisotopic (exact) mass is 379 g/mol. The second kappa shape index (κ2) is 7.14. The lowest BCUT2D eigenvalue weighted by molar-refractivity contribution is 0.276. The molecule has 1 aliphatic heterocycles. The van der Waals surface area contributed by atoms with Gasteiger partial charge in [-0.1, -0.05) is 20.8 Å². The molecule has 0 aromatic rings. The molecule has 2 aliphatic rings. The number of nitrogens with zero attached hydrogens (tertiary/aromatic N) is 2. The Kier molecular flexibility index (Phi) is 6.40. The number of halogens is 1. The zero-order chi connectivity index (χ0) is 13.2. The highest BCUT2D eigenvalue weighted by molar-refractivity contribution is 14.0. The first kappa shape index (κ1) is 17.1. The fourth-order valence-electron chi connectivity index (χ4n) is 3.06. The average molecular weight is 379 g/mol. The minimum atomic E-state index is 0. The van der Waals surface area contributed by atoms with Crippen molar-refractivity contribution in [3.8, 4) is 0 Å². The lowest BCUT2D eigenvalue weighted by atomic mass is 9.94. The molecule has 0 bridgehead atoms. The van der Waals surface area contributed by atoms with Gasteiger partial charge in [0, 0.05) is 19.6 Å². The van der Waals surface area contributed by atoms with Crippen molar-refractivity contribution < 1.29 is 0 Å². The van der Waals surface area contributed by atoms with E-state index in [0.29, 0.717) is 5.41 Å². The zero-order valence-corrected chi connectivity index (χ0v) is 15.0. The number of guanidine groups is 1. The number of piperidine rings is 1. The molecule has 0 unspecified atom stereocenters. The number of hydrogen-bond donors (Lipinski definition) is 1. The van der Waals surface area contributed by atoms with Crippen molar-refractivity contribution in [2.45, 2.75) is 52.9 Å². The number of nitrogens with two attached hydrogens (primary N) is 1. The molecule has 0 aromatic heterocycles. The van der Waals surface area contributed by atoms with Crippen LogP contribution in [0.1, 0.15) is 52.9 Å². The quantitative estimate of drug-likeness (QED) is 0.462. The minimum absolute atomic E-state index is 0. The summed E-state index contributed by atoms with van der Waals surface area (Å²) in [6.45, 7) is 10.1. The molecular weight excluding hydrogens is 349 g/mol. The largest absolute Gasteiger partial charge is 0.370 e. The van der Waals surface area contributed by atoms with E-state index < -0.39 is 0 Å². The molecular formula is C15H30IN3. The van der Waals surface area contributed by atoms with Gasteiger partial charge in [-0.15, -0.1) is 24.0 Å². The van der Waals surface area contributed by atoms with E-state index >= 15 is 0 Å². The normalized spacial score (nSPS) is 23.4. The molecule has 0 amide bonds. The maximum atomic E-state index is 6.14. The van der Waals surface area contributed by atoms with E-state index in [2.05, 4.69) is 30.7 Å². The predicted octanol–water partition coefficient (Wildman–Crippen LogP) is 3.48. The van der Waals surface area contributed by atoms with E-state index in [-0.39, 0.29) is 24.0 Å². The van der Waals surface area contributed by atoms with Crippen LogP contribution in [0.15, 0.2) is 4.99 Å². The molecule has 0 atom stereocenters. The molecule has 3 nitrogen and oxygen atoms in total. The summed E-state index contributed by atoms with van der Waals surface area (Å²) in [7, 11) is 0. The number of rotatable bonds is 4. The van der Waals surface area contributed by atoms with Gasteiger partial charge in [-0.25, -0.2) is 0 Å². The van der Waals surface area contributed by atoms with E-state index in [0.717, 1.165) is 37.4 Å². The van der Waals surface area contributed by atoms with Crippen LogP contribution in [0.5, 0.6) is 0 Å². The predicted molar refractivity (Wildman–Crippen MR) is 93.0 cm³/mol. The second-order valence-electron chi connectivity index (χ2n) is 6.94. The van der Waals surface area contributed by atoms with Crippen LogP contribution in [-0.4, -0.2) is 30.5 Å². The Labute approximate surface area is 135 Å². The fraction of sp³-hybridized carbons (Fsp3) is 0.933. The molecule has 2 fully saturated rings. The zero-order valence-electron chi connectivity index (χ0n) is 12.7. The maximum absolute atomic E-state index is 6.14. The number of likely N-dealkylation sites (tertiary alicyclic amines) is 1. The SMILES string of the molecule is CC(C)CC1(CN=C(N)N2CCC(C)CC2)CC1.I. The van der Waals surface area contributed by atoms with Gasteiger partial charge in [0.1, 0.15) is 0 Å². The Bertz CT molecular complexity index is 303. The third-order valence-electron chi connectivity index (χ3n) is 4.48. The Morgan fingerprint density at radius 1 is 1.32 bits per heavy atom. The highest BCUT2D eigenvalue weighted by Crippen LogP contribution is 2.50. The van der Waals surface area contributed by atoms with Gasteiger partial charge < -0.3 is 10.6 Å². The first-order valence-electron chi connectivity index (χ1n) is 7.56. The van der Waals surface area contributed by atoms with Gasteiger partial charge in [0.2, 0.25) is 0 Å². The van der Waals surface area contributed by atoms with Gasteiger partial charge in [-0.3, -0.25) is 4.99 Å². The fourth-order valence-corrected chi connectivity index (χ4v) is 3.06. The van der Waals surface area contributed by atoms with E-state index in [1.807, 2.05) is 0 Å². The molecule has 2 rings (SSSR count). The van der Waals surface area contributed by atoms with Crippen molar-refractivity contribution in [3.63, 3.8) is 0 Å². The Balaban J connectivity index is 0.00000180. The Morgan fingerprint density at radius 3 is 2.37 bits per heavy atom. The van der Waals surface area contributed by atoms with E-state index in [9.17, 15) is 0 Å². The Morgan fingerprint density at radius 2 is 1.89 bits per heavy atom. The average Bonchev–Trinajstić information content (AvgIpc) is 3.06. The molecule has 4 heteroatoms. The molecule has 0 spiro atoms. The summed E-state index contributed by atoms with van der Waals surface area (Å²) in [5.74, 6) is 2.42. The molecule has 2 N–H and O–H groups in total. The van der Waals surface area contributed by atoms with Crippen molar-refractivity contribution in [2.75, 3.05) is 19.6 Å². The van der Waals surface area contributed by atoms with Crippen molar-refractivity contribution in [1.29, 1.82) is 0 Å². The van der Waals surface area contributed by atoms with Crippen LogP contribution in [0.4, 0.5) is 0 Å². The highest BCUT2D eigenvalue weighted by atomic mass is 127. The maximum Gasteiger partial charge on any atom is 0.191 e. The lowest BCUT2D eigenvalue weighted by Gasteiger charge is -2.31. The van der Waals surface area contributed by atoms with Crippen molar-refractivity contribution in [2.24, 2.45) is 28.0 Å². The van der Waals surface area contributed by atoms with Crippen LogP contribution < -0.4 is 5.73 Å². The van der Waals surface area contributed by atoms with Crippen LogP contribution in [-0.2, 0) is 0 Å². The third-order valence-corrected chi connectivity index (χ3v) is 4.48. The van der Waals surface area contributed by atoms with Crippen molar-refractivity contribution >= 4 is 29.9 Å². The van der Waals surface area contributed by atoms with Crippen LogP contribution in [0.3, 0.4) is 0 Å². The molecule has 1 aliphatic carbocycles. The van der Waals surface area contributed by atoms with Crippen LogP contribution >= 0.6 is 24.0 Å². The van der Waals surface area contributed by atoms with Crippen molar-refractivity contribution in [1.82, 2.24) is 4.90 Å².